The van der Waals surface area contributed by atoms with Crippen LogP contribution in [0.4, 0.5) is 0 Å². The van der Waals surface area contributed by atoms with Gasteiger partial charge in [0.1, 0.15) is 11.5 Å². The van der Waals surface area contributed by atoms with E-state index in [0.717, 1.165) is 11.2 Å². The largest absolute Gasteiger partial charge is 0.495 e. The van der Waals surface area contributed by atoms with Crippen molar-refractivity contribution in [2.45, 2.75) is 13.8 Å². The van der Waals surface area contributed by atoms with Crippen LogP contribution in [-0.4, -0.2) is 30.2 Å². The lowest BCUT2D eigenvalue weighted by atomic mass is 10.1. The van der Waals surface area contributed by atoms with E-state index in [1.807, 2.05) is 17.6 Å². The number of carbonyl (C=O) groups is 2. The van der Waals surface area contributed by atoms with E-state index in [-0.39, 0.29) is 18.1 Å². The van der Waals surface area contributed by atoms with Crippen molar-refractivity contribution in [3.05, 3.63) is 76.8 Å². The summed E-state index contributed by atoms with van der Waals surface area (Å²) in [5.74, 6) is -0.207. The summed E-state index contributed by atoms with van der Waals surface area (Å²) in [6.07, 6.45) is 1.39. The van der Waals surface area contributed by atoms with Gasteiger partial charge in [-0.05, 0) is 62.4 Å². The van der Waals surface area contributed by atoms with Gasteiger partial charge < -0.3 is 23.2 Å². The number of nitrogens with zero attached hydrogens (tertiary/aromatic N) is 1. The molecule has 8 heteroatoms. The summed E-state index contributed by atoms with van der Waals surface area (Å²) in [5.41, 5.74) is 2.51. The summed E-state index contributed by atoms with van der Waals surface area (Å²) in [4.78, 5) is 25.1. The molecule has 0 atom stereocenters. The molecule has 0 saturated heterocycles. The van der Waals surface area contributed by atoms with Gasteiger partial charge in [0.05, 0.1) is 36.1 Å². The number of aromatic nitrogens is 1. The minimum atomic E-state index is -0.634. The molecular formula is C24H20ClNO6. The van der Waals surface area contributed by atoms with Crippen molar-refractivity contribution in [1.29, 1.82) is 0 Å². The number of hydrogen-bond donors (Lipinski definition) is 0. The molecule has 0 saturated carbocycles. The van der Waals surface area contributed by atoms with Crippen molar-refractivity contribution in [2.24, 2.45) is 0 Å². The second-order valence-corrected chi connectivity index (χ2v) is 7.29. The Hall–Kier alpha value is -3.71. The van der Waals surface area contributed by atoms with Crippen LogP contribution in [0.1, 0.15) is 33.5 Å². The van der Waals surface area contributed by atoms with Crippen molar-refractivity contribution in [3.8, 4) is 17.2 Å². The molecule has 7 nitrogen and oxygen atoms in total. The fourth-order valence-electron chi connectivity index (χ4n) is 3.60. The number of halogens is 1. The highest BCUT2D eigenvalue weighted by atomic mass is 35.5. The first-order valence-electron chi connectivity index (χ1n) is 9.86. The molecule has 0 aliphatic carbocycles. The molecule has 2 aromatic carbocycles. The standard InChI is InChI=1S/C24H20ClNO6/c1-4-30-24(28)22-14(2)26(15-7-10-20(29-3)18(25)12-15)19-9-8-16(13-17(19)22)32-23(27)21-6-5-11-31-21/h5-13H,4H2,1-3H3. The van der Waals surface area contributed by atoms with Crippen LogP contribution in [0.5, 0.6) is 11.5 Å². The molecule has 0 aliphatic heterocycles. The van der Waals surface area contributed by atoms with Crippen molar-refractivity contribution in [3.63, 3.8) is 0 Å². The summed E-state index contributed by atoms with van der Waals surface area (Å²) < 4.78 is 22.9. The number of benzene rings is 2. The Labute approximate surface area is 189 Å². The molecule has 0 unspecified atom stereocenters. The monoisotopic (exact) mass is 453 g/mol. The number of furan rings is 1. The average Bonchev–Trinajstić information content (AvgIpc) is 3.40. The van der Waals surface area contributed by atoms with Crippen molar-refractivity contribution in [1.82, 2.24) is 4.57 Å². The predicted molar refractivity (Wildman–Crippen MR) is 119 cm³/mol. The Morgan fingerprint density at radius 1 is 1.09 bits per heavy atom. The molecule has 164 valence electrons. The lowest BCUT2D eigenvalue weighted by Gasteiger charge is -2.11. The van der Waals surface area contributed by atoms with Crippen LogP contribution in [0.25, 0.3) is 16.6 Å². The second-order valence-electron chi connectivity index (χ2n) is 6.88. The van der Waals surface area contributed by atoms with Gasteiger partial charge in [-0.15, -0.1) is 0 Å². The normalized spacial score (nSPS) is 10.9. The highest BCUT2D eigenvalue weighted by Gasteiger charge is 2.23. The van der Waals surface area contributed by atoms with Crippen molar-refractivity contribution >= 4 is 34.4 Å². The second kappa shape index (κ2) is 8.80. The van der Waals surface area contributed by atoms with Gasteiger partial charge in [-0.1, -0.05) is 11.6 Å². The lowest BCUT2D eigenvalue weighted by Crippen LogP contribution is -2.08. The van der Waals surface area contributed by atoms with Crippen molar-refractivity contribution < 1.29 is 28.2 Å². The zero-order valence-electron chi connectivity index (χ0n) is 17.7. The summed E-state index contributed by atoms with van der Waals surface area (Å²) in [6, 6.07) is 13.5. The summed E-state index contributed by atoms with van der Waals surface area (Å²) >= 11 is 6.34. The van der Waals surface area contributed by atoms with Gasteiger partial charge in [-0.2, -0.15) is 0 Å². The van der Waals surface area contributed by atoms with Gasteiger partial charge in [-0.25, -0.2) is 9.59 Å². The Bertz CT molecular complexity index is 1310. The third-order valence-electron chi connectivity index (χ3n) is 4.98. The van der Waals surface area contributed by atoms with E-state index in [4.69, 9.17) is 30.2 Å². The van der Waals surface area contributed by atoms with E-state index in [0.29, 0.717) is 27.4 Å². The highest BCUT2D eigenvalue weighted by molar-refractivity contribution is 6.32. The van der Waals surface area contributed by atoms with E-state index in [1.54, 1.807) is 50.4 Å². The van der Waals surface area contributed by atoms with E-state index in [2.05, 4.69) is 0 Å². The molecule has 32 heavy (non-hydrogen) atoms. The number of hydrogen-bond acceptors (Lipinski definition) is 6. The predicted octanol–water partition coefficient (Wildman–Crippen LogP) is 5.59. The summed E-state index contributed by atoms with van der Waals surface area (Å²) in [7, 11) is 1.54. The Balaban J connectivity index is 1.86. The van der Waals surface area contributed by atoms with Crippen LogP contribution < -0.4 is 9.47 Å². The SMILES string of the molecule is CCOC(=O)c1c(C)n(-c2ccc(OC)c(Cl)c2)c2ccc(OC(=O)c3ccco3)cc12. The molecule has 0 N–H and O–H groups in total. The third kappa shape index (κ3) is 3.83. The number of rotatable bonds is 6. The maximum Gasteiger partial charge on any atom is 0.379 e. The van der Waals surface area contributed by atoms with E-state index in [1.165, 1.54) is 12.3 Å². The van der Waals surface area contributed by atoms with E-state index < -0.39 is 11.9 Å². The highest BCUT2D eigenvalue weighted by Crippen LogP contribution is 2.35. The van der Waals surface area contributed by atoms with Gasteiger partial charge in [0.2, 0.25) is 5.76 Å². The molecule has 0 amide bonds. The smallest absolute Gasteiger partial charge is 0.379 e. The Kier molecular flexibility index (Phi) is 5.92. The molecule has 0 aliphatic rings. The number of esters is 2. The zero-order chi connectivity index (χ0) is 22.8. The molecule has 0 fully saturated rings. The van der Waals surface area contributed by atoms with Crippen LogP contribution in [0.15, 0.2) is 59.2 Å². The van der Waals surface area contributed by atoms with Crippen LogP contribution in [0, 0.1) is 6.92 Å². The molecule has 4 rings (SSSR count). The molecule has 2 aromatic heterocycles. The molecule has 0 radical (unpaired) electrons. The fourth-order valence-corrected chi connectivity index (χ4v) is 3.85. The Morgan fingerprint density at radius 3 is 2.56 bits per heavy atom. The maximum atomic E-state index is 12.8. The third-order valence-corrected chi connectivity index (χ3v) is 5.28. The first kappa shape index (κ1) is 21.5. The quantitative estimate of drug-likeness (QED) is 0.279. The fraction of sp³-hybridized carbons (Fsp3) is 0.167. The number of ether oxygens (including phenoxy) is 3. The Morgan fingerprint density at radius 2 is 1.91 bits per heavy atom. The number of fused-ring (bicyclic) bond motifs is 1. The molecule has 4 aromatic rings. The summed E-state index contributed by atoms with van der Waals surface area (Å²) in [5, 5.41) is 1.02. The molecule has 0 spiro atoms. The van der Waals surface area contributed by atoms with E-state index in [9.17, 15) is 9.59 Å². The number of carbonyl (C=O) groups excluding carboxylic acids is 2. The van der Waals surface area contributed by atoms with Gasteiger partial charge in [0.25, 0.3) is 0 Å². The van der Waals surface area contributed by atoms with Crippen LogP contribution in [-0.2, 0) is 4.74 Å². The van der Waals surface area contributed by atoms with Gasteiger partial charge in [-0.3, -0.25) is 0 Å². The minimum Gasteiger partial charge on any atom is -0.495 e. The zero-order valence-corrected chi connectivity index (χ0v) is 18.4. The molecular weight excluding hydrogens is 434 g/mol. The molecule has 2 heterocycles. The van der Waals surface area contributed by atoms with Gasteiger partial charge >= 0.3 is 11.9 Å². The topological polar surface area (TPSA) is 79.9 Å². The van der Waals surface area contributed by atoms with E-state index >= 15 is 0 Å². The summed E-state index contributed by atoms with van der Waals surface area (Å²) in [6.45, 7) is 3.79. The lowest BCUT2D eigenvalue weighted by molar-refractivity contribution is 0.0527. The first-order chi connectivity index (χ1) is 15.4. The van der Waals surface area contributed by atoms with Crippen LogP contribution in [0.2, 0.25) is 5.02 Å². The van der Waals surface area contributed by atoms with Gasteiger partial charge in [0.15, 0.2) is 0 Å². The minimum absolute atomic E-state index is 0.0809. The van der Waals surface area contributed by atoms with Crippen LogP contribution >= 0.6 is 11.6 Å². The number of methoxy groups -OCH3 is 1. The average molecular weight is 454 g/mol. The first-order valence-corrected chi connectivity index (χ1v) is 10.2. The maximum absolute atomic E-state index is 12.8. The van der Waals surface area contributed by atoms with Gasteiger partial charge in [0, 0.05) is 16.8 Å². The van der Waals surface area contributed by atoms with Crippen molar-refractivity contribution in [2.75, 3.05) is 13.7 Å². The molecule has 0 bridgehead atoms. The van der Waals surface area contributed by atoms with Crippen LogP contribution in [0.3, 0.4) is 0 Å².